The molecule has 0 amide bonds. The van der Waals surface area contributed by atoms with Crippen LogP contribution in [0.1, 0.15) is 21.9 Å². The molecule has 0 aliphatic carbocycles. The van der Waals surface area contributed by atoms with Crippen LogP contribution in [0.4, 0.5) is 4.39 Å². The van der Waals surface area contributed by atoms with Crippen molar-refractivity contribution in [3.63, 3.8) is 0 Å². The van der Waals surface area contributed by atoms with Gasteiger partial charge in [-0.2, -0.15) is 0 Å². The lowest BCUT2D eigenvalue weighted by molar-refractivity contribution is 0.102. The van der Waals surface area contributed by atoms with Crippen LogP contribution in [0.3, 0.4) is 0 Å². The van der Waals surface area contributed by atoms with Gasteiger partial charge in [0.2, 0.25) is 5.78 Å². The fourth-order valence-electron chi connectivity index (χ4n) is 1.48. The number of hydrogen-bond donors (Lipinski definition) is 0. The summed E-state index contributed by atoms with van der Waals surface area (Å²) in [6.07, 6.45) is 2.58. The summed E-state index contributed by atoms with van der Waals surface area (Å²) in [5.41, 5.74) is 0.191. The minimum absolute atomic E-state index is 0.191. The van der Waals surface area contributed by atoms with Crippen molar-refractivity contribution in [1.29, 1.82) is 0 Å². The third kappa shape index (κ3) is 2.68. The maximum absolute atomic E-state index is 13.4. The van der Waals surface area contributed by atoms with E-state index in [0.717, 1.165) is 0 Å². The predicted octanol–water partition coefficient (Wildman–Crippen LogP) is 4.28. The average Bonchev–Trinajstić information content (AvgIpc) is 2.75. The van der Waals surface area contributed by atoms with Gasteiger partial charge >= 0.3 is 0 Å². The smallest absolute Gasteiger partial charge is 0.221 e. The highest BCUT2D eigenvalue weighted by Crippen LogP contribution is 2.20. The van der Waals surface area contributed by atoms with E-state index in [9.17, 15) is 9.18 Å². The first-order valence-corrected chi connectivity index (χ1v) is 5.68. The van der Waals surface area contributed by atoms with Gasteiger partial charge in [0.05, 0.1) is 5.02 Å². The zero-order chi connectivity index (χ0) is 13.1. The number of hydrogen-bond acceptors (Lipinski definition) is 2. The fourth-order valence-corrected chi connectivity index (χ4v) is 1.70. The van der Waals surface area contributed by atoms with Gasteiger partial charge in [0.15, 0.2) is 5.76 Å². The van der Waals surface area contributed by atoms with Crippen molar-refractivity contribution in [2.45, 2.75) is 6.92 Å². The molecule has 2 nitrogen and oxygen atoms in total. The molecule has 0 bridgehead atoms. The van der Waals surface area contributed by atoms with E-state index >= 15 is 0 Å². The van der Waals surface area contributed by atoms with E-state index in [1.807, 2.05) is 0 Å². The van der Waals surface area contributed by atoms with Crippen LogP contribution in [0.25, 0.3) is 6.08 Å². The van der Waals surface area contributed by atoms with Crippen LogP contribution in [0, 0.1) is 12.7 Å². The molecular formula is C14H10ClFO2. The number of furan rings is 1. The third-order valence-electron chi connectivity index (χ3n) is 2.38. The van der Waals surface area contributed by atoms with E-state index in [4.69, 9.17) is 16.0 Å². The molecule has 0 atom stereocenters. The molecule has 92 valence electrons. The van der Waals surface area contributed by atoms with Crippen molar-refractivity contribution in [3.05, 3.63) is 64.3 Å². The minimum Gasteiger partial charge on any atom is -0.458 e. The first-order chi connectivity index (χ1) is 8.58. The maximum atomic E-state index is 13.4. The summed E-state index contributed by atoms with van der Waals surface area (Å²) in [5.74, 6) is 0.0662. The van der Waals surface area contributed by atoms with Crippen LogP contribution in [0.5, 0.6) is 0 Å². The van der Waals surface area contributed by atoms with Crippen LogP contribution < -0.4 is 0 Å². The highest BCUT2D eigenvalue weighted by molar-refractivity contribution is 6.32. The number of aryl methyl sites for hydroxylation is 1. The molecule has 0 saturated heterocycles. The molecule has 1 aromatic carbocycles. The number of carbonyl (C=O) groups excluding carboxylic acids is 1. The van der Waals surface area contributed by atoms with Crippen LogP contribution >= 0.6 is 11.6 Å². The van der Waals surface area contributed by atoms with E-state index in [1.165, 1.54) is 24.3 Å². The van der Waals surface area contributed by atoms with Crippen molar-refractivity contribution in [2.75, 3.05) is 0 Å². The Balaban J connectivity index is 2.24. The Morgan fingerprint density at radius 2 is 2.11 bits per heavy atom. The largest absolute Gasteiger partial charge is 0.458 e. The molecule has 0 unspecified atom stereocenters. The molecule has 2 rings (SSSR count). The Hall–Kier alpha value is -1.87. The number of rotatable bonds is 3. The summed E-state index contributed by atoms with van der Waals surface area (Å²) in [6.45, 7) is 1.74. The molecule has 0 saturated carbocycles. The van der Waals surface area contributed by atoms with Gasteiger partial charge in [0, 0.05) is 5.56 Å². The Bertz CT molecular complexity index is 594. The standard InChI is InChI=1S/C14H10ClFO2/c1-9-5-8-14(18-9)13(17)7-6-10-11(15)3-2-4-12(10)16/h2-8H,1H3/b7-6+. The van der Waals surface area contributed by atoms with Crippen LogP contribution in [0.2, 0.25) is 5.02 Å². The van der Waals surface area contributed by atoms with Gasteiger partial charge < -0.3 is 4.42 Å². The number of carbonyl (C=O) groups is 1. The second-order valence-corrected chi connectivity index (χ2v) is 4.15. The molecular weight excluding hydrogens is 255 g/mol. The van der Waals surface area contributed by atoms with Gasteiger partial charge in [-0.1, -0.05) is 17.7 Å². The lowest BCUT2D eigenvalue weighted by Gasteiger charge is -1.98. The van der Waals surface area contributed by atoms with E-state index in [0.29, 0.717) is 5.76 Å². The fraction of sp³-hybridized carbons (Fsp3) is 0.0714. The van der Waals surface area contributed by atoms with Crippen molar-refractivity contribution < 1.29 is 13.6 Å². The van der Waals surface area contributed by atoms with E-state index in [1.54, 1.807) is 25.1 Å². The molecule has 0 fully saturated rings. The minimum atomic E-state index is -0.470. The highest BCUT2D eigenvalue weighted by atomic mass is 35.5. The van der Waals surface area contributed by atoms with Crippen molar-refractivity contribution in [2.24, 2.45) is 0 Å². The molecule has 0 aliphatic heterocycles. The van der Waals surface area contributed by atoms with Crippen molar-refractivity contribution >= 4 is 23.5 Å². The summed E-state index contributed by atoms with van der Waals surface area (Å²) < 4.78 is 18.6. The molecule has 18 heavy (non-hydrogen) atoms. The average molecular weight is 265 g/mol. The first kappa shape index (κ1) is 12.6. The predicted molar refractivity (Wildman–Crippen MR) is 68.2 cm³/mol. The number of halogens is 2. The van der Waals surface area contributed by atoms with Gasteiger partial charge in [-0.3, -0.25) is 4.79 Å². The second-order valence-electron chi connectivity index (χ2n) is 3.74. The summed E-state index contributed by atoms with van der Waals surface area (Å²) in [7, 11) is 0. The molecule has 1 heterocycles. The molecule has 2 aromatic rings. The second kappa shape index (κ2) is 5.19. The third-order valence-corrected chi connectivity index (χ3v) is 2.71. The van der Waals surface area contributed by atoms with Crippen LogP contribution in [0.15, 0.2) is 40.8 Å². The highest BCUT2D eigenvalue weighted by Gasteiger charge is 2.08. The summed E-state index contributed by atoms with van der Waals surface area (Å²) in [6, 6.07) is 7.62. The van der Waals surface area contributed by atoms with Crippen molar-refractivity contribution in [1.82, 2.24) is 0 Å². The molecule has 0 N–H and O–H groups in total. The van der Waals surface area contributed by atoms with Gasteiger partial charge in [0.25, 0.3) is 0 Å². The summed E-state index contributed by atoms with van der Waals surface area (Å²) in [4.78, 5) is 11.7. The number of allylic oxidation sites excluding steroid dienone is 1. The van der Waals surface area contributed by atoms with Gasteiger partial charge in [-0.25, -0.2) is 4.39 Å². The van der Waals surface area contributed by atoms with Crippen LogP contribution in [-0.4, -0.2) is 5.78 Å². The maximum Gasteiger partial charge on any atom is 0.221 e. The quantitative estimate of drug-likeness (QED) is 0.612. The Morgan fingerprint density at radius 3 is 2.72 bits per heavy atom. The van der Waals surface area contributed by atoms with Gasteiger partial charge in [0.1, 0.15) is 11.6 Å². The molecule has 0 radical (unpaired) electrons. The molecule has 4 heteroatoms. The zero-order valence-corrected chi connectivity index (χ0v) is 10.4. The van der Waals surface area contributed by atoms with E-state index < -0.39 is 5.82 Å². The Labute approximate surface area is 109 Å². The molecule has 0 spiro atoms. The van der Waals surface area contributed by atoms with Crippen LogP contribution in [-0.2, 0) is 0 Å². The topological polar surface area (TPSA) is 30.2 Å². The molecule has 1 aromatic heterocycles. The number of ketones is 1. The Kier molecular flexibility index (Phi) is 3.63. The van der Waals surface area contributed by atoms with E-state index in [-0.39, 0.29) is 22.1 Å². The Morgan fingerprint density at radius 1 is 1.33 bits per heavy atom. The summed E-state index contributed by atoms with van der Waals surface area (Å²) >= 11 is 5.84. The normalized spacial score (nSPS) is 11.1. The monoisotopic (exact) mass is 264 g/mol. The first-order valence-electron chi connectivity index (χ1n) is 5.31. The van der Waals surface area contributed by atoms with Gasteiger partial charge in [-0.15, -0.1) is 0 Å². The SMILES string of the molecule is Cc1ccc(C(=O)/C=C/c2c(F)cccc2Cl)o1. The lowest BCUT2D eigenvalue weighted by Crippen LogP contribution is -1.91. The van der Waals surface area contributed by atoms with E-state index in [2.05, 4.69) is 0 Å². The van der Waals surface area contributed by atoms with Crippen molar-refractivity contribution in [3.8, 4) is 0 Å². The van der Waals surface area contributed by atoms with Gasteiger partial charge in [-0.05, 0) is 43.3 Å². The number of benzene rings is 1. The summed E-state index contributed by atoms with van der Waals surface area (Å²) in [5, 5.41) is 0.259. The lowest BCUT2D eigenvalue weighted by atomic mass is 10.1. The zero-order valence-electron chi connectivity index (χ0n) is 9.61. The molecule has 0 aliphatic rings.